The number of rotatable bonds is 22. The predicted octanol–water partition coefficient (Wildman–Crippen LogP) is 5.03. The number of hydrogen-bond acceptors (Lipinski definition) is 12. The largest absolute Gasteiger partial charge is 0.445 e. The summed E-state index contributed by atoms with van der Waals surface area (Å²) in [5.41, 5.74) is 8.78. The highest BCUT2D eigenvalue weighted by Gasteiger charge is 2.31. The van der Waals surface area contributed by atoms with Crippen molar-refractivity contribution < 1.29 is 52.5 Å². The van der Waals surface area contributed by atoms with Crippen molar-refractivity contribution in [3.8, 4) is 12.1 Å². The number of aromatic nitrogens is 2. The van der Waals surface area contributed by atoms with Gasteiger partial charge in [-0.25, -0.2) is 9.59 Å². The average Bonchev–Trinajstić information content (AvgIpc) is 3.81. The van der Waals surface area contributed by atoms with Crippen LogP contribution < -0.4 is 42.7 Å². The van der Waals surface area contributed by atoms with Gasteiger partial charge in [0.25, 0.3) is 17.7 Å². The van der Waals surface area contributed by atoms with Crippen molar-refractivity contribution in [2.75, 3.05) is 48.6 Å². The number of urea groups is 1. The monoisotopic (exact) mass is 1040 g/mol. The lowest BCUT2D eigenvalue weighted by Gasteiger charge is -2.31. The van der Waals surface area contributed by atoms with E-state index in [-0.39, 0.29) is 76.9 Å². The topological polar surface area (TPSA) is 317 Å². The normalized spacial score (nSPS) is 14.1. The Kier molecular flexibility index (Phi) is 20.2. The van der Waals surface area contributed by atoms with Crippen molar-refractivity contribution in [2.45, 2.75) is 64.3 Å². The number of nitrogens with zero attached hydrogens (tertiary/aromatic N) is 2. The number of hydrogen-bond donors (Lipinski definition) is 10. The van der Waals surface area contributed by atoms with Crippen LogP contribution in [-0.4, -0.2) is 113 Å². The number of carbonyl (C=O) groups is 7. The Morgan fingerprint density at radius 3 is 2.20 bits per heavy atom. The Balaban J connectivity index is 1.10. The number of ether oxygens (including phenoxy) is 1. The molecule has 1 aliphatic heterocycles. The second-order valence-electron chi connectivity index (χ2n) is 16.3. The molecule has 3 aromatic carbocycles. The highest BCUT2D eigenvalue weighted by molar-refractivity contribution is 7.65. The fourth-order valence-corrected chi connectivity index (χ4v) is 8.61. The molecule has 0 bridgehead atoms. The van der Waals surface area contributed by atoms with E-state index in [9.17, 15) is 38.1 Å². The van der Waals surface area contributed by atoms with E-state index < -0.39 is 73.8 Å². The first-order valence-corrected chi connectivity index (χ1v) is 24.6. The Bertz CT molecular complexity index is 2620. The molecule has 0 saturated carbocycles. The number of amides is 8. The molecule has 3 atom stereocenters. The number of aliphatic hydroxyl groups is 1. The Hall–Kier alpha value is -7.15. The maximum absolute atomic E-state index is 13.7. The third-order valence-electron chi connectivity index (χ3n) is 10.8. The van der Waals surface area contributed by atoms with Crippen molar-refractivity contribution in [2.24, 2.45) is 11.7 Å². The quantitative estimate of drug-likeness (QED) is 0.0281. The third-order valence-corrected chi connectivity index (χ3v) is 12.8. The predicted molar refractivity (Wildman–Crippen MR) is 265 cm³/mol. The van der Waals surface area contributed by atoms with Crippen LogP contribution in [-0.2, 0) is 30.0 Å². The minimum Gasteiger partial charge on any atom is -0.445 e. The van der Waals surface area contributed by atoms with Gasteiger partial charge in [-0.15, -0.1) is 6.42 Å². The summed E-state index contributed by atoms with van der Waals surface area (Å²) < 4.78 is 23.3. The van der Waals surface area contributed by atoms with Gasteiger partial charge in [0.05, 0.1) is 34.5 Å². The standard InChI is InChI=1S/C46H54Cl2N11O11P/c1-4-71(68,70-24-23-60)58-32-16-12-29(13-17-32)40(61)56-38(27(2)3)43(64)54-35(9-6-20-50-45(49)66)41(62)52-30-14-10-28(11-15-30)26-69-46(67)59-21-18-31(19-22-59)53-44(65)39-36(25-51-57-39)55-42(63)37-33(47)7-5-8-34(37)48/h1,5,7-8,10-17,25,27,31,35,38,60H,6,9,18-24,26H2,2-3H3,(H,51,57)(H,52,62)(H,53,65)(H,54,64)(H,55,63)(H,56,61)(H,58,68)(H3,49,50,66)/t35-,38-,71?/m0/s1. The average molecular weight is 1040 g/mol. The highest BCUT2D eigenvalue weighted by Crippen LogP contribution is 2.45. The Labute approximate surface area is 418 Å². The van der Waals surface area contributed by atoms with Crippen LogP contribution >= 0.6 is 30.7 Å². The van der Waals surface area contributed by atoms with E-state index in [1.54, 1.807) is 44.2 Å². The maximum Gasteiger partial charge on any atom is 0.410 e. The molecule has 1 unspecified atom stereocenters. The molecule has 4 aromatic rings. The molecule has 1 aromatic heterocycles. The van der Waals surface area contributed by atoms with E-state index in [4.69, 9.17) is 49.7 Å². The number of anilines is 3. The number of likely N-dealkylation sites (tertiary alicyclic amines) is 1. The van der Waals surface area contributed by atoms with Crippen molar-refractivity contribution in [3.05, 3.63) is 105 Å². The first kappa shape index (κ1) is 54.8. The van der Waals surface area contributed by atoms with E-state index in [2.05, 4.69) is 47.2 Å². The van der Waals surface area contributed by atoms with Crippen LogP contribution in [0.1, 0.15) is 76.3 Å². The lowest BCUT2D eigenvalue weighted by molar-refractivity contribution is -0.128. The van der Waals surface area contributed by atoms with Gasteiger partial charge in [-0.2, -0.15) is 5.10 Å². The van der Waals surface area contributed by atoms with Gasteiger partial charge < -0.3 is 62.0 Å². The number of primary amides is 1. The molecule has 1 aliphatic rings. The number of aliphatic hydroxyl groups excluding tert-OH is 1. The summed E-state index contributed by atoms with van der Waals surface area (Å²) in [7, 11) is -3.75. The number of aromatic amines is 1. The fraction of sp³-hybridized carbons (Fsp3) is 0.348. The van der Waals surface area contributed by atoms with Gasteiger partial charge in [-0.05, 0) is 85.7 Å². The molecular weight excluding hydrogens is 984 g/mol. The zero-order valence-corrected chi connectivity index (χ0v) is 41.0. The minimum absolute atomic E-state index is 0.0467. The Morgan fingerprint density at radius 1 is 0.915 bits per heavy atom. The van der Waals surface area contributed by atoms with Crippen LogP contribution in [0.15, 0.2) is 72.9 Å². The maximum atomic E-state index is 13.7. The van der Waals surface area contributed by atoms with Gasteiger partial charge >= 0.3 is 19.6 Å². The van der Waals surface area contributed by atoms with Gasteiger partial charge in [-0.3, -0.25) is 33.6 Å². The number of benzene rings is 3. The van der Waals surface area contributed by atoms with Crippen LogP contribution in [0.4, 0.5) is 26.7 Å². The number of nitrogens with two attached hydrogens (primary N) is 1. The van der Waals surface area contributed by atoms with Crippen LogP contribution in [0.5, 0.6) is 0 Å². The number of carbonyl (C=O) groups excluding carboxylic acids is 7. The highest BCUT2D eigenvalue weighted by atomic mass is 35.5. The van der Waals surface area contributed by atoms with Crippen molar-refractivity contribution in [3.63, 3.8) is 0 Å². The molecule has 2 heterocycles. The molecule has 1 saturated heterocycles. The summed E-state index contributed by atoms with van der Waals surface area (Å²) >= 11 is 12.3. The summed E-state index contributed by atoms with van der Waals surface area (Å²) in [4.78, 5) is 92.5. The van der Waals surface area contributed by atoms with Gasteiger partial charge in [0.2, 0.25) is 11.8 Å². The van der Waals surface area contributed by atoms with E-state index >= 15 is 0 Å². The molecule has 8 amide bonds. The van der Waals surface area contributed by atoms with E-state index in [1.807, 2.05) is 5.66 Å². The first-order valence-electron chi connectivity index (χ1n) is 22.2. The summed E-state index contributed by atoms with van der Waals surface area (Å²) in [5.74, 6) is -3.43. The fourth-order valence-electron chi connectivity index (χ4n) is 7.01. The molecule has 11 N–H and O–H groups in total. The summed E-state index contributed by atoms with van der Waals surface area (Å²) in [6.45, 7) is 3.40. The molecule has 0 spiro atoms. The van der Waals surface area contributed by atoms with Crippen LogP contribution in [0, 0.1) is 18.0 Å². The number of H-pyrrole nitrogens is 1. The third kappa shape index (κ3) is 16.2. The second kappa shape index (κ2) is 26.2. The SMILES string of the molecule is C#CP(=O)(Nc1ccc(C(=O)N[C@H](C(=O)N[C@@H](CCCNC(N)=O)C(=O)Nc2ccc(COC(=O)N3CCC(NC(=O)c4n[nH]cc4NC(=O)c4c(Cl)cccc4Cl)CC3)cc2)C(C)C)cc1)OCCO. The number of nitrogens with one attached hydrogen (secondary N) is 8. The summed E-state index contributed by atoms with van der Waals surface area (Å²) in [6.07, 6.45) is 7.32. The number of piperidine rings is 1. The lowest BCUT2D eigenvalue weighted by atomic mass is 10.0. The molecule has 1 fully saturated rings. The molecule has 25 heteroatoms. The van der Waals surface area contributed by atoms with Crippen LogP contribution in [0.25, 0.3) is 0 Å². The molecule has 0 radical (unpaired) electrons. The Morgan fingerprint density at radius 2 is 1.58 bits per heavy atom. The van der Waals surface area contributed by atoms with Crippen molar-refractivity contribution >= 4 is 89.4 Å². The van der Waals surface area contributed by atoms with E-state index in [0.29, 0.717) is 37.2 Å². The number of halogens is 2. The molecule has 71 heavy (non-hydrogen) atoms. The first-order chi connectivity index (χ1) is 33.9. The van der Waals surface area contributed by atoms with Crippen LogP contribution in [0.3, 0.4) is 0 Å². The summed E-state index contributed by atoms with van der Waals surface area (Å²) in [5, 5.41) is 34.6. The van der Waals surface area contributed by atoms with Gasteiger partial charge in [-0.1, -0.05) is 55.2 Å². The summed E-state index contributed by atoms with van der Waals surface area (Å²) in [6, 6.07) is 13.6. The minimum atomic E-state index is -3.75. The van der Waals surface area contributed by atoms with Crippen LogP contribution in [0.2, 0.25) is 10.0 Å². The smallest absolute Gasteiger partial charge is 0.410 e. The van der Waals surface area contributed by atoms with Crippen molar-refractivity contribution in [1.29, 1.82) is 0 Å². The van der Waals surface area contributed by atoms with Gasteiger partial charge in [0.15, 0.2) is 5.69 Å². The van der Waals surface area contributed by atoms with Gasteiger partial charge in [0.1, 0.15) is 18.7 Å². The molecule has 5 rings (SSSR count). The second-order valence-corrected chi connectivity index (χ2v) is 18.9. The molecule has 22 nitrogen and oxygen atoms in total. The van der Waals surface area contributed by atoms with Crippen molar-refractivity contribution in [1.82, 2.24) is 36.4 Å². The van der Waals surface area contributed by atoms with E-state index in [0.717, 1.165) is 0 Å². The lowest BCUT2D eigenvalue weighted by Crippen LogP contribution is -2.54. The zero-order chi connectivity index (χ0) is 51.7. The zero-order valence-electron chi connectivity index (χ0n) is 38.6. The van der Waals surface area contributed by atoms with Gasteiger partial charge in [0, 0.05) is 54.5 Å². The van der Waals surface area contributed by atoms with E-state index in [1.165, 1.54) is 47.5 Å². The number of terminal acetylenes is 1. The molecular formula is C46H54Cl2N11O11P. The molecule has 0 aliphatic carbocycles. The molecule has 378 valence electrons.